The lowest BCUT2D eigenvalue weighted by atomic mass is 10.2. The van der Waals surface area contributed by atoms with Crippen molar-refractivity contribution in [3.05, 3.63) is 23.8 Å². The highest BCUT2D eigenvalue weighted by molar-refractivity contribution is 5.79. The molecule has 7 heteroatoms. The molecule has 1 unspecified atom stereocenters. The van der Waals surface area contributed by atoms with Crippen molar-refractivity contribution in [1.29, 1.82) is 0 Å². The Morgan fingerprint density at radius 3 is 2.67 bits per heavy atom. The lowest BCUT2D eigenvalue weighted by Gasteiger charge is -2.32. The van der Waals surface area contributed by atoms with E-state index in [-0.39, 0.29) is 0 Å². The third kappa shape index (κ3) is 6.77. The first-order valence-electron chi connectivity index (χ1n) is 11.4. The van der Waals surface area contributed by atoms with E-state index in [0.29, 0.717) is 18.7 Å². The van der Waals surface area contributed by atoms with E-state index in [0.717, 1.165) is 75.3 Å². The maximum Gasteiger partial charge on any atom is 0.191 e. The molecule has 1 heterocycles. The van der Waals surface area contributed by atoms with E-state index in [1.807, 2.05) is 6.07 Å². The van der Waals surface area contributed by atoms with Gasteiger partial charge >= 0.3 is 0 Å². The van der Waals surface area contributed by atoms with Crippen molar-refractivity contribution >= 4 is 5.96 Å². The van der Waals surface area contributed by atoms with Crippen LogP contribution < -0.4 is 20.1 Å². The summed E-state index contributed by atoms with van der Waals surface area (Å²) in [4.78, 5) is 7.24. The number of nitrogens with zero attached hydrogens (tertiary/aromatic N) is 2. The molecule has 1 aromatic carbocycles. The molecule has 7 nitrogen and oxygen atoms in total. The van der Waals surface area contributed by atoms with Gasteiger partial charge in [-0.2, -0.15) is 0 Å². The Hall–Kier alpha value is -1.99. The number of aliphatic imine (C=N–C) groups is 1. The van der Waals surface area contributed by atoms with Crippen LogP contribution in [0.15, 0.2) is 23.2 Å². The van der Waals surface area contributed by atoms with Crippen molar-refractivity contribution in [3.63, 3.8) is 0 Å². The molecule has 0 aromatic heterocycles. The van der Waals surface area contributed by atoms with E-state index in [2.05, 4.69) is 41.5 Å². The molecule has 3 rings (SSSR count). The minimum Gasteiger partial charge on any atom is -0.493 e. The zero-order valence-corrected chi connectivity index (χ0v) is 18.8. The summed E-state index contributed by atoms with van der Waals surface area (Å²) in [5.74, 6) is 2.46. The molecular formula is C23H38N4O3. The first-order valence-corrected chi connectivity index (χ1v) is 11.4. The number of hydrogen-bond donors (Lipinski definition) is 2. The van der Waals surface area contributed by atoms with Crippen molar-refractivity contribution in [2.45, 2.75) is 58.2 Å². The van der Waals surface area contributed by atoms with Gasteiger partial charge in [-0.3, -0.25) is 4.90 Å². The molecule has 2 fully saturated rings. The van der Waals surface area contributed by atoms with Gasteiger partial charge in [-0.15, -0.1) is 0 Å². The van der Waals surface area contributed by atoms with Crippen LogP contribution >= 0.6 is 0 Å². The summed E-state index contributed by atoms with van der Waals surface area (Å²) in [5, 5.41) is 6.83. The summed E-state index contributed by atoms with van der Waals surface area (Å²) in [7, 11) is 1.69. The molecule has 0 radical (unpaired) electrons. The number of nitrogens with one attached hydrogen (secondary N) is 2. The van der Waals surface area contributed by atoms with Gasteiger partial charge in [0.1, 0.15) is 0 Å². The fourth-order valence-electron chi connectivity index (χ4n) is 4.00. The molecule has 1 saturated carbocycles. The molecule has 30 heavy (non-hydrogen) atoms. The topological polar surface area (TPSA) is 67.4 Å². The van der Waals surface area contributed by atoms with Crippen molar-refractivity contribution in [2.75, 3.05) is 46.5 Å². The highest BCUT2D eigenvalue weighted by atomic mass is 16.5. The Morgan fingerprint density at radius 1 is 1.20 bits per heavy atom. The smallest absolute Gasteiger partial charge is 0.191 e. The fraction of sp³-hybridized carbons (Fsp3) is 0.696. The zero-order chi connectivity index (χ0) is 21.2. The summed E-state index contributed by atoms with van der Waals surface area (Å²) >= 11 is 0. The highest BCUT2D eigenvalue weighted by Crippen LogP contribution is 2.32. The largest absolute Gasteiger partial charge is 0.493 e. The molecule has 0 bridgehead atoms. The molecule has 1 aliphatic carbocycles. The lowest BCUT2D eigenvalue weighted by Crippen LogP contribution is -2.49. The average molecular weight is 419 g/mol. The Kier molecular flexibility index (Phi) is 9.08. The third-order valence-corrected chi connectivity index (χ3v) is 5.82. The Bertz CT molecular complexity index is 670. The first kappa shape index (κ1) is 22.7. The zero-order valence-electron chi connectivity index (χ0n) is 18.8. The second-order valence-corrected chi connectivity index (χ2v) is 8.08. The molecule has 1 atom stereocenters. The van der Waals surface area contributed by atoms with Crippen LogP contribution in [0.5, 0.6) is 11.5 Å². The maximum atomic E-state index is 6.22. The van der Waals surface area contributed by atoms with E-state index in [1.165, 1.54) is 12.8 Å². The number of rotatable bonds is 9. The van der Waals surface area contributed by atoms with E-state index in [9.17, 15) is 0 Å². The van der Waals surface area contributed by atoms with Crippen molar-refractivity contribution < 1.29 is 14.2 Å². The number of morpholine rings is 1. The van der Waals surface area contributed by atoms with Gasteiger partial charge in [-0.1, -0.05) is 6.07 Å². The van der Waals surface area contributed by atoms with Gasteiger partial charge in [-0.25, -0.2) is 4.99 Å². The Balaban J connectivity index is 1.58. The van der Waals surface area contributed by atoms with Crippen LogP contribution in [-0.2, 0) is 11.3 Å². The molecule has 2 aliphatic rings. The minimum absolute atomic E-state index is 0.304. The van der Waals surface area contributed by atoms with Gasteiger partial charge in [0.2, 0.25) is 0 Å². The van der Waals surface area contributed by atoms with Gasteiger partial charge < -0.3 is 24.8 Å². The summed E-state index contributed by atoms with van der Waals surface area (Å²) in [6.07, 6.45) is 5.05. The standard InChI is InChI=1S/C23H38N4O3/c1-4-24-23(25-16-18(2)27-11-13-29-14-12-27)26-17-19-9-10-21(28-3)22(15-19)30-20-7-5-6-8-20/h9-10,15,18,20H,4-8,11-14,16-17H2,1-3H3,(H2,24,25,26). The Morgan fingerprint density at radius 2 is 1.97 bits per heavy atom. The molecule has 1 saturated heterocycles. The highest BCUT2D eigenvalue weighted by Gasteiger charge is 2.19. The second-order valence-electron chi connectivity index (χ2n) is 8.08. The van der Waals surface area contributed by atoms with Crippen LogP contribution in [-0.4, -0.2) is 69.5 Å². The number of hydrogen-bond acceptors (Lipinski definition) is 5. The number of methoxy groups -OCH3 is 1. The molecular weight excluding hydrogens is 380 g/mol. The van der Waals surface area contributed by atoms with Gasteiger partial charge in [0, 0.05) is 32.2 Å². The first-order chi connectivity index (χ1) is 14.7. The second kappa shape index (κ2) is 12.0. The van der Waals surface area contributed by atoms with Gasteiger partial charge in [-0.05, 0) is 57.2 Å². The number of benzene rings is 1. The Labute approximate surface area is 181 Å². The van der Waals surface area contributed by atoms with Crippen molar-refractivity contribution in [3.8, 4) is 11.5 Å². The molecule has 0 amide bonds. The SMILES string of the molecule is CCNC(=NCc1ccc(OC)c(OC2CCCC2)c1)NCC(C)N1CCOCC1. The van der Waals surface area contributed by atoms with Crippen LogP contribution in [0.25, 0.3) is 0 Å². The summed E-state index contributed by atoms with van der Waals surface area (Å²) in [5.41, 5.74) is 1.11. The van der Waals surface area contributed by atoms with Crippen LogP contribution in [0, 0.1) is 0 Å². The predicted octanol–water partition coefficient (Wildman–Crippen LogP) is 2.79. The van der Waals surface area contributed by atoms with Crippen LogP contribution in [0.3, 0.4) is 0 Å². The van der Waals surface area contributed by atoms with E-state index < -0.39 is 0 Å². The molecule has 168 valence electrons. The fourth-order valence-corrected chi connectivity index (χ4v) is 4.00. The van der Waals surface area contributed by atoms with E-state index in [4.69, 9.17) is 19.2 Å². The van der Waals surface area contributed by atoms with E-state index >= 15 is 0 Å². The molecule has 1 aromatic rings. The average Bonchev–Trinajstić information content (AvgIpc) is 3.29. The van der Waals surface area contributed by atoms with Crippen molar-refractivity contribution in [2.24, 2.45) is 4.99 Å². The summed E-state index contributed by atoms with van der Waals surface area (Å²) in [6, 6.07) is 6.55. The normalized spacial score (nSPS) is 19.5. The monoisotopic (exact) mass is 418 g/mol. The van der Waals surface area contributed by atoms with Gasteiger partial charge in [0.05, 0.1) is 33.0 Å². The predicted molar refractivity (Wildman–Crippen MR) is 121 cm³/mol. The number of ether oxygens (including phenoxy) is 3. The quantitative estimate of drug-likeness (QED) is 0.475. The lowest BCUT2D eigenvalue weighted by molar-refractivity contribution is 0.0211. The van der Waals surface area contributed by atoms with Crippen LogP contribution in [0.1, 0.15) is 45.1 Å². The van der Waals surface area contributed by atoms with Gasteiger partial charge in [0.15, 0.2) is 17.5 Å². The third-order valence-electron chi connectivity index (χ3n) is 5.82. The number of guanidine groups is 1. The van der Waals surface area contributed by atoms with Gasteiger partial charge in [0.25, 0.3) is 0 Å². The van der Waals surface area contributed by atoms with E-state index in [1.54, 1.807) is 7.11 Å². The van der Waals surface area contributed by atoms with Crippen LogP contribution in [0.4, 0.5) is 0 Å². The maximum absolute atomic E-state index is 6.22. The molecule has 1 aliphatic heterocycles. The summed E-state index contributed by atoms with van der Waals surface area (Å²) in [6.45, 7) is 10.2. The minimum atomic E-state index is 0.304. The summed E-state index contributed by atoms with van der Waals surface area (Å²) < 4.78 is 17.2. The van der Waals surface area contributed by atoms with Crippen molar-refractivity contribution in [1.82, 2.24) is 15.5 Å². The molecule has 2 N–H and O–H groups in total. The van der Waals surface area contributed by atoms with Crippen LogP contribution in [0.2, 0.25) is 0 Å². The molecule has 0 spiro atoms.